The fourth-order valence-electron chi connectivity index (χ4n) is 1.26. The van der Waals surface area contributed by atoms with Gasteiger partial charge >= 0.3 is 0 Å². The summed E-state index contributed by atoms with van der Waals surface area (Å²) in [5.74, 6) is 1.28. The molecule has 1 heterocycles. The van der Waals surface area contributed by atoms with E-state index in [1.54, 1.807) is 19.4 Å². The summed E-state index contributed by atoms with van der Waals surface area (Å²) in [6.07, 6.45) is 5.45. The lowest BCUT2D eigenvalue weighted by atomic mass is 9.93. The van der Waals surface area contributed by atoms with Gasteiger partial charge in [0.2, 0.25) is 11.8 Å². The number of ether oxygens (including phenoxy) is 1. The van der Waals surface area contributed by atoms with Crippen LogP contribution in [0.3, 0.4) is 0 Å². The Balaban J connectivity index is 2.01. The van der Waals surface area contributed by atoms with Gasteiger partial charge in [-0.1, -0.05) is 0 Å². The van der Waals surface area contributed by atoms with Gasteiger partial charge in [-0.25, -0.2) is 4.98 Å². The normalized spacial score (nSPS) is 16.4. The summed E-state index contributed by atoms with van der Waals surface area (Å²) in [6, 6.07) is 2.30. The van der Waals surface area contributed by atoms with Gasteiger partial charge in [-0.2, -0.15) is 4.98 Å². The van der Waals surface area contributed by atoms with Crippen molar-refractivity contribution in [2.24, 2.45) is 0 Å². The molecule has 70 valence electrons. The van der Waals surface area contributed by atoms with Crippen LogP contribution in [0, 0.1) is 0 Å². The van der Waals surface area contributed by atoms with Crippen molar-refractivity contribution in [2.75, 3.05) is 12.4 Å². The molecule has 0 aliphatic heterocycles. The van der Waals surface area contributed by atoms with Crippen molar-refractivity contribution in [3.63, 3.8) is 0 Å². The van der Waals surface area contributed by atoms with E-state index in [0.717, 1.165) is 0 Å². The molecule has 4 heteroatoms. The molecule has 1 N–H and O–H groups in total. The molecule has 0 bridgehead atoms. The highest BCUT2D eigenvalue weighted by atomic mass is 16.5. The SMILES string of the molecule is COc1ccnc(NC2CCC2)n1. The zero-order valence-electron chi connectivity index (χ0n) is 7.66. The van der Waals surface area contributed by atoms with Crippen LogP contribution in [0.2, 0.25) is 0 Å². The molecule has 4 nitrogen and oxygen atoms in total. The number of anilines is 1. The first-order valence-corrected chi connectivity index (χ1v) is 4.52. The Morgan fingerprint density at radius 1 is 1.54 bits per heavy atom. The van der Waals surface area contributed by atoms with Crippen LogP contribution in [-0.4, -0.2) is 23.1 Å². The van der Waals surface area contributed by atoms with Gasteiger partial charge in [0.15, 0.2) is 0 Å². The third kappa shape index (κ3) is 1.88. The maximum absolute atomic E-state index is 5.00. The standard InChI is InChI=1S/C9H13N3O/c1-13-8-5-6-10-9(12-8)11-7-3-2-4-7/h5-7H,2-4H2,1H3,(H,10,11,12). The van der Waals surface area contributed by atoms with Gasteiger partial charge in [-0.3, -0.25) is 0 Å². The molecule has 0 atom stereocenters. The molecule has 0 radical (unpaired) electrons. The van der Waals surface area contributed by atoms with Gasteiger partial charge in [0, 0.05) is 18.3 Å². The molecule has 13 heavy (non-hydrogen) atoms. The molecule has 2 rings (SSSR count). The van der Waals surface area contributed by atoms with Gasteiger partial charge in [-0.15, -0.1) is 0 Å². The average molecular weight is 179 g/mol. The van der Waals surface area contributed by atoms with E-state index in [4.69, 9.17) is 4.74 Å². The third-order valence-electron chi connectivity index (χ3n) is 2.28. The van der Waals surface area contributed by atoms with Gasteiger partial charge < -0.3 is 10.1 Å². The van der Waals surface area contributed by atoms with Crippen molar-refractivity contribution in [3.8, 4) is 5.88 Å². The summed E-state index contributed by atoms with van der Waals surface area (Å²) in [6.45, 7) is 0. The molecule has 0 spiro atoms. The summed E-state index contributed by atoms with van der Waals surface area (Å²) in [5.41, 5.74) is 0. The molecule has 1 aromatic rings. The Hall–Kier alpha value is -1.32. The first-order chi connectivity index (χ1) is 6.38. The summed E-state index contributed by atoms with van der Waals surface area (Å²) >= 11 is 0. The molecule has 1 saturated carbocycles. The van der Waals surface area contributed by atoms with Crippen molar-refractivity contribution in [3.05, 3.63) is 12.3 Å². The van der Waals surface area contributed by atoms with Gasteiger partial charge in [0.25, 0.3) is 0 Å². The molecule has 0 unspecified atom stereocenters. The van der Waals surface area contributed by atoms with E-state index in [2.05, 4.69) is 15.3 Å². The largest absolute Gasteiger partial charge is 0.481 e. The second-order valence-electron chi connectivity index (χ2n) is 3.19. The predicted molar refractivity (Wildman–Crippen MR) is 49.8 cm³/mol. The molecule has 1 aromatic heterocycles. The lowest BCUT2D eigenvalue weighted by Crippen LogP contribution is -2.27. The predicted octanol–water partition coefficient (Wildman–Crippen LogP) is 1.45. The topological polar surface area (TPSA) is 47.0 Å². The number of hydrogen-bond donors (Lipinski definition) is 1. The summed E-state index contributed by atoms with van der Waals surface area (Å²) in [5, 5.41) is 3.25. The highest BCUT2D eigenvalue weighted by molar-refractivity contribution is 5.29. The summed E-state index contributed by atoms with van der Waals surface area (Å²) < 4.78 is 5.00. The third-order valence-corrected chi connectivity index (χ3v) is 2.28. The number of methoxy groups -OCH3 is 1. The van der Waals surface area contributed by atoms with E-state index in [0.29, 0.717) is 17.9 Å². The summed E-state index contributed by atoms with van der Waals surface area (Å²) in [7, 11) is 1.61. The van der Waals surface area contributed by atoms with Crippen LogP contribution < -0.4 is 10.1 Å². The second-order valence-corrected chi connectivity index (χ2v) is 3.19. The molecule has 0 saturated heterocycles. The molecule has 0 aromatic carbocycles. The van der Waals surface area contributed by atoms with Crippen LogP contribution in [0.5, 0.6) is 5.88 Å². The minimum Gasteiger partial charge on any atom is -0.481 e. The van der Waals surface area contributed by atoms with Crippen molar-refractivity contribution < 1.29 is 4.74 Å². The molecule has 1 aliphatic rings. The maximum Gasteiger partial charge on any atom is 0.226 e. The number of nitrogens with one attached hydrogen (secondary N) is 1. The van der Waals surface area contributed by atoms with E-state index < -0.39 is 0 Å². The van der Waals surface area contributed by atoms with Crippen LogP contribution in [0.1, 0.15) is 19.3 Å². The lowest BCUT2D eigenvalue weighted by Gasteiger charge is -2.26. The highest BCUT2D eigenvalue weighted by Gasteiger charge is 2.17. The van der Waals surface area contributed by atoms with Crippen LogP contribution >= 0.6 is 0 Å². The molecular weight excluding hydrogens is 166 g/mol. The Morgan fingerprint density at radius 3 is 3.00 bits per heavy atom. The first-order valence-electron chi connectivity index (χ1n) is 4.52. The van der Waals surface area contributed by atoms with Gasteiger partial charge in [0.05, 0.1) is 7.11 Å². The van der Waals surface area contributed by atoms with E-state index in [1.807, 2.05) is 0 Å². The zero-order chi connectivity index (χ0) is 9.10. The monoisotopic (exact) mass is 179 g/mol. The Labute approximate surface area is 77.4 Å². The minimum atomic E-state index is 0.562. The molecule has 1 fully saturated rings. The van der Waals surface area contributed by atoms with E-state index in [-0.39, 0.29) is 0 Å². The summed E-state index contributed by atoms with van der Waals surface area (Å²) in [4.78, 5) is 8.28. The zero-order valence-corrected chi connectivity index (χ0v) is 7.66. The van der Waals surface area contributed by atoms with E-state index >= 15 is 0 Å². The van der Waals surface area contributed by atoms with Crippen LogP contribution in [0.15, 0.2) is 12.3 Å². The van der Waals surface area contributed by atoms with Crippen molar-refractivity contribution in [2.45, 2.75) is 25.3 Å². The van der Waals surface area contributed by atoms with Gasteiger partial charge in [0.1, 0.15) is 0 Å². The lowest BCUT2D eigenvalue weighted by molar-refractivity contribution is 0.395. The molecule has 1 aliphatic carbocycles. The first kappa shape index (κ1) is 8.29. The van der Waals surface area contributed by atoms with Gasteiger partial charge in [-0.05, 0) is 19.3 Å². The fraction of sp³-hybridized carbons (Fsp3) is 0.556. The van der Waals surface area contributed by atoms with Crippen molar-refractivity contribution >= 4 is 5.95 Å². The Bertz CT molecular complexity index is 286. The smallest absolute Gasteiger partial charge is 0.226 e. The van der Waals surface area contributed by atoms with E-state index in [9.17, 15) is 0 Å². The minimum absolute atomic E-state index is 0.562. The number of nitrogens with zero attached hydrogens (tertiary/aromatic N) is 2. The highest BCUT2D eigenvalue weighted by Crippen LogP contribution is 2.21. The molecular formula is C9H13N3O. The fourth-order valence-corrected chi connectivity index (χ4v) is 1.26. The van der Waals surface area contributed by atoms with Crippen LogP contribution in [0.25, 0.3) is 0 Å². The Kier molecular flexibility index (Phi) is 2.29. The van der Waals surface area contributed by atoms with Crippen molar-refractivity contribution in [1.82, 2.24) is 9.97 Å². The van der Waals surface area contributed by atoms with Crippen LogP contribution in [-0.2, 0) is 0 Å². The van der Waals surface area contributed by atoms with Crippen LogP contribution in [0.4, 0.5) is 5.95 Å². The van der Waals surface area contributed by atoms with Crippen molar-refractivity contribution in [1.29, 1.82) is 0 Å². The second kappa shape index (κ2) is 3.60. The maximum atomic E-state index is 5.00. The number of rotatable bonds is 3. The number of hydrogen-bond acceptors (Lipinski definition) is 4. The molecule has 0 amide bonds. The number of aromatic nitrogens is 2. The average Bonchev–Trinajstić information content (AvgIpc) is 2.12. The Morgan fingerprint density at radius 2 is 2.38 bits per heavy atom. The van der Waals surface area contributed by atoms with E-state index in [1.165, 1.54) is 19.3 Å². The quantitative estimate of drug-likeness (QED) is 0.762.